The van der Waals surface area contributed by atoms with Crippen molar-refractivity contribution in [3.63, 3.8) is 0 Å². The highest BCUT2D eigenvalue weighted by atomic mass is 19.4. The highest BCUT2D eigenvalue weighted by Gasteiger charge is 2.27. The number of hydrogen-bond donors (Lipinski definition) is 2. The summed E-state index contributed by atoms with van der Waals surface area (Å²) in [6.07, 6.45) is -3.48. The summed E-state index contributed by atoms with van der Waals surface area (Å²) in [5.74, 6) is -0.167. The van der Waals surface area contributed by atoms with Crippen molar-refractivity contribution in [2.24, 2.45) is 0 Å². The van der Waals surface area contributed by atoms with Crippen LogP contribution in [-0.2, 0) is 9.53 Å². The third-order valence-electron chi connectivity index (χ3n) is 2.36. The van der Waals surface area contributed by atoms with Crippen LogP contribution < -0.4 is 10.6 Å². The molecule has 0 aromatic heterocycles. The van der Waals surface area contributed by atoms with E-state index in [2.05, 4.69) is 15.4 Å². The predicted octanol–water partition coefficient (Wildman–Crippen LogP) is 1.46. The van der Waals surface area contributed by atoms with Crippen molar-refractivity contribution in [2.75, 3.05) is 19.8 Å². The predicted molar refractivity (Wildman–Crippen MR) is 62.2 cm³/mol. The third kappa shape index (κ3) is 9.23. The van der Waals surface area contributed by atoms with E-state index in [1.165, 1.54) is 0 Å². The number of hydrogen-bond acceptors (Lipinski definition) is 3. The normalized spacial score (nSPS) is 15.2. The van der Waals surface area contributed by atoms with Gasteiger partial charge in [0, 0.05) is 12.6 Å². The van der Waals surface area contributed by atoms with E-state index >= 15 is 0 Å². The molecule has 0 rings (SSSR count). The van der Waals surface area contributed by atoms with Crippen LogP contribution in [0.4, 0.5) is 13.2 Å². The van der Waals surface area contributed by atoms with Crippen LogP contribution in [0.3, 0.4) is 0 Å². The van der Waals surface area contributed by atoms with Crippen LogP contribution in [0.25, 0.3) is 0 Å². The molecule has 0 aliphatic rings. The molecule has 2 unspecified atom stereocenters. The van der Waals surface area contributed by atoms with Gasteiger partial charge >= 0.3 is 6.18 Å². The van der Waals surface area contributed by atoms with E-state index in [0.29, 0.717) is 0 Å². The van der Waals surface area contributed by atoms with Gasteiger partial charge in [0.2, 0.25) is 5.91 Å². The van der Waals surface area contributed by atoms with Gasteiger partial charge in [-0.05, 0) is 20.3 Å². The van der Waals surface area contributed by atoms with E-state index in [9.17, 15) is 18.0 Å². The van der Waals surface area contributed by atoms with Crippen LogP contribution >= 0.6 is 0 Å². The van der Waals surface area contributed by atoms with Gasteiger partial charge in [-0.1, -0.05) is 6.92 Å². The zero-order valence-corrected chi connectivity index (χ0v) is 10.9. The quantitative estimate of drug-likeness (QED) is 0.656. The van der Waals surface area contributed by atoms with E-state index in [4.69, 9.17) is 0 Å². The Balaban J connectivity index is 3.64. The first-order valence-electron chi connectivity index (χ1n) is 5.94. The lowest BCUT2D eigenvalue weighted by Crippen LogP contribution is -2.46. The van der Waals surface area contributed by atoms with Crippen molar-refractivity contribution in [2.45, 2.75) is 45.5 Å². The second-order valence-corrected chi connectivity index (χ2v) is 4.16. The summed E-state index contributed by atoms with van der Waals surface area (Å²) in [4.78, 5) is 11.5. The minimum absolute atomic E-state index is 0.0829. The lowest BCUT2D eigenvalue weighted by Gasteiger charge is -2.17. The summed E-state index contributed by atoms with van der Waals surface area (Å²) in [6, 6.07) is -0.364. The van der Waals surface area contributed by atoms with Crippen molar-refractivity contribution in [1.29, 1.82) is 0 Å². The second kappa shape index (κ2) is 8.31. The Morgan fingerprint density at radius 1 is 1.33 bits per heavy atom. The van der Waals surface area contributed by atoms with Gasteiger partial charge in [0.15, 0.2) is 0 Å². The molecule has 0 aromatic rings. The number of rotatable bonds is 8. The summed E-state index contributed by atoms with van der Waals surface area (Å²) in [5, 5.41) is 5.57. The van der Waals surface area contributed by atoms with Crippen molar-refractivity contribution in [3.05, 3.63) is 0 Å². The third-order valence-corrected chi connectivity index (χ3v) is 2.36. The highest BCUT2D eigenvalue weighted by molar-refractivity contribution is 5.81. The topological polar surface area (TPSA) is 50.4 Å². The van der Waals surface area contributed by atoms with Crippen LogP contribution in [0, 0.1) is 0 Å². The molecule has 4 nitrogen and oxygen atoms in total. The van der Waals surface area contributed by atoms with Gasteiger partial charge < -0.3 is 15.4 Å². The second-order valence-electron chi connectivity index (χ2n) is 4.16. The molecule has 108 valence electrons. The highest BCUT2D eigenvalue weighted by Crippen LogP contribution is 2.13. The molecule has 0 saturated carbocycles. The molecule has 0 bridgehead atoms. The molecule has 0 radical (unpaired) electrons. The van der Waals surface area contributed by atoms with Crippen molar-refractivity contribution >= 4 is 5.91 Å². The standard InChI is InChI=1S/C11H21F3N2O2/c1-4-8(2)16-10(17)9(3)15-5-6-18-7-11(12,13)14/h8-9,15H,4-7H2,1-3H3,(H,16,17). The van der Waals surface area contributed by atoms with Crippen LogP contribution in [0.5, 0.6) is 0 Å². The maximum atomic E-state index is 11.7. The number of carbonyl (C=O) groups is 1. The average molecular weight is 270 g/mol. The lowest BCUT2D eigenvalue weighted by atomic mass is 10.2. The Morgan fingerprint density at radius 2 is 1.94 bits per heavy atom. The molecule has 0 aliphatic heterocycles. The van der Waals surface area contributed by atoms with E-state index < -0.39 is 18.8 Å². The van der Waals surface area contributed by atoms with Gasteiger partial charge in [0.05, 0.1) is 12.6 Å². The molecule has 2 atom stereocenters. The summed E-state index contributed by atoms with van der Waals surface area (Å²) in [7, 11) is 0. The number of amides is 1. The molecule has 0 spiro atoms. The summed E-state index contributed by atoms with van der Waals surface area (Å²) in [6.45, 7) is 4.35. The molecule has 0 fully saturated rings. The van der Waals surface area contributed by atoms with Gasteiger partial charge in [-0.2, -0.15) is 13.2 Å². The molecular formula is C11H21F3N2O2. The van der Waals surface area contributed by atoms with Gasteiger partial charge in [0.1, 0.15) is 6.61 Å². The first-order valence-corrected chi connectivity index (χ1v) is 5.94. The van der Waals surface area contributed by atoms with E-state index in [1.807, 2.05) is 13.8 Å². The van der Waals surface area contributed by atoms with Crippen LogP contribution in [0.15, 0.2) is 0 Å². The van der Waals surface area contributed by atoms with Crippen molar-refractivity contribution < 1.29 is 22.7 Å². The first-order chi connectivity index (χ1) is 8.26. The fraction of sp³-hybridized carbons (Fsp3) is 0.909. The minimum atomic E-state index is -4.31. The molecule has 1 amide bonds. The number of ether oxygens (including phenoxy) is 1. The number of halogens is 3. The molecular weight excluding hydrogens is 249 g/mol. The van der Waals surface area contributed by atoms with Gasteiger partial charge in [-0.25, -0.2) is 0 Å². The molecule has 0 heterocycles. The fourth-order valence-corrected chi connectivity index (χ4v) is 1.10. The molecule has 0 saturated heterocycles. The fourth-order valence-electron chi connectivity index (χ4n) is 1.10. The molecule has 2 N–H and O–H groups in total. The van der Waals surface area contributed by atoms with E-state index in [0.717, 1.165) is 6.42 Å². The van der Waals surface area contributed by atoms with Crippen molar-refractivity contribution in [1.82, 2.24) is 10.6 Å². The summed E-state index contributed by atoms with van der Waals surface area (Å²) < 4.78 is 39.6. The largest absolute Gasteiger partial charge is 0.411 e. The Morgan fingerprint density at radius 3 is 2.44 bits per heavy atom. The van der Waals surface area contributed by atoms with Crippen LogP contribution in [0.2, 0.25) is 0 Å². The Labute approximate surface area is 105 Å². The van der Waals surface area contributed by atoms with Crippen molar-refractivity contribution in [3.8, 4) is 0 Å². The number of alkyl halides is 3. The Kier molecular flexibility index (Phi) is 7.93. The molecule has 7 heteroatoms. The zero-order valence-electron chi connectivity index (χ0n) is 10.9. The minimum Gasteiger partial charge on any atom is -0.371 e. The molecule has 18 heavy (non-hydrogen) atoms. The molecule has 0 aromatic carbocycles. The van der Waals surface area contributed by atoms with Crippen LogP contribution in [0.1, 0.15) is 27.2 Å². The maximum absolute atomic E-state index is 11.7. The summed E-state index contributed by atoms with van der Waals surface area (Å²) in [5.41, 5.74) is 0. The summed E-state index contributed by atoms with van der Waals surface area (Å²) >= 11 is 0. The molecule has 0 aliphatic carbocycles. The SMILES string of the molecule is CCC(C)NC(=O)C(C)NCCOCC(F)(F)F. The van der Waals surface area contributed by atoms with Crippen LogP contribution in [-0.4, -0.2) is 43.9 Å². The smallest absolute Gasteiger partial charge is 0.371 e. The zero-order chi connectivity index (χ0) is 14.2. The lowest BCUT2D eigenvalue weighted by molar-refractivity contribution is -0.173. The maximum Gasteiger partial charge on any atom is 0.411 e. The Hall–Kier alpha value is -0.820. The van der Waals surface area contributed by atoms with E-state index in [1.54, 1.807) is 6.92 Å². The van der Waals surface area contributed by atoms with Gasteiger partial charge in [-0.15, -0.1) is 0 Å². The van der Waals surface area contributed by atoms with Gasteiger partial charge in [-0.3, -0.25) is 4.79 Å². The first kappa shape index (κ1) is 17.2. The number of carbonyl (C=O) groups excluding carboxylic acids is 1. The van der Waals surface area contributed by atoms with E-state index in [-0.39, 0.29) is 25.1 Å². The van der Waals surface area contributed by atoms with Gasteiger partial charge in [0.25, 0.3) is 0 Å². The Bertz CT molecular complexity index is 247. The monoisotopic (exact) mass is 270 g/mol. The average Bonchev–Trinajstić information content (AvgIpc) is 2.26. The number of nitrogens with one attached hydrogen (secondary N) is 2.